The van der Waals surface area contributed by atoms with Gasteiger partial charge in [-0.1, -0.05) is 6.92 Å². The molecule has 20 heavy (non-hydrogen) atoms. The molecular weight excluding hydrogens is 286 g/mol. The molecule has 0 saturated heterocycles. The Labute approximate surface area is 128 Å². The number of nitrogens with one attached hydrogen (secondary N) is 1. The number of rotatable bonds is 3. The van der Waals surface area contributed by atoms with Crippen molar-refractivity contribution in [3.63, 3.8) is 0 Å². The number of thioether (sulfide) groups is 1. The van der Waals surface area contributed by atoms with Gasteiger partial charge in [0.1, 0.15) is 0 Å². The highest BCUT2D eigenvalue weighted by molar-refractivity contribution is 7.99. The number of aromatic nitrogens is 2. The van der Waals surface area contributed by atoms with E-state index in [9.17, 15) is 0 Å². The van der Waals surface area contributed by atoms with Crippen molar-refractivity contribution in [1.82, 2.24) is 9.55 Å². The summed E-state index contributed by atoms with van der Waals surface area (Å²) in [4.78, 5) is 3.26. The zero-order chi connectivity index (χ0) is 14.1. The first-order valence-electron chi connectivity index (χ1n) is 6.99. The topological polar surface area (TPSA) is 44.5 Å². The number of nitriles is 1. The standard InChI is InChI=1S/C15H17N3S2/c1-2-20-12-5-4-11(8-12)18-14-7-10(9-16)3-6-13(14)17-15(18)19/h3,6-7,11-12H,2,4-5,8H2,1H3,(H,17,19). The van der Waals surface area contributed by atoms with E-state index in [-0.39, 0.29) is 0 Å². The van der Waals surface area contributed by atoms with E-state index in [1.54, 1.807) is 0 Å². The molecule has 1 N–H and O–H groups in total. The van der Waals surface area contributed by atoms with Crippen LogP contribution in [0.3, 0.4) is 0 Å². The van der Waals surface area contributed by atoms with Crippen molar-refractivity contribution in [2.75, 3.05) is 5.75 Å². The van der Waals surface area contributed by atoms with Gasteiger partial charge in [0.15, 0.2) is 4.77 Å². The molecule has 0 bridgehead atoms. The Kier molecular flexibility index (Phi) is 3.86. The van der Waals surface area contributed by atoms with E-state index in [1.807, 2.05) is 30.0 Å². The number of H-pyrrole nitrogens is 1. The molecule has 0 amide bonds. The number of fused-ring (bicyclic) bond motifs is 1. The summed E-state index contributed by atoms with van der Waals surface area (Å²) in [6, 6.07) is 8.41. The van der Waals surface area contributed by atoms with E-state index in [0.29, 0.717) is 11.6 Å². The Balaban J connectivity index is 2.01. The molecule has 2 unspecified atom stereocenters. The summed E-state index contributed by atoms with van der Waals surface area (Å²) in [7, 11) is 0. The van der Waals surface area contributed by atoms with Crippen molar-refractivity contribution in [3.8, 4) is 6.07 Å². The lowest BCUT2D eigenvalue weighted by atomic mass is 10.2. The lowest BCUT2D eigenvalue weighted by molar-refractivity contribution is 0.527. The summed E-state index contributed by atoms with van der Waals surface area (Å²) in [5, 5.41) is 9.82. The molecule has 1 aliphatic rings. The van der Waals surface area contributed by atoms with Gasteiger partial charge >= 0.3 is 0 Å². The number of aromatic amines is 1. The van der Waals surface area contributed by atoms with Crippen LogP contribution in [0.1, 0.15) is 37.8 Å². The van der Waals surface area contributed by atoms with Crippen LogP contribution >= 0.6 is 24.0 Å². The van der Waals surface area contributed by atoms with Gasteiger partial charge in [0.05, 0.1) is 22.7 Å². The maximum Gasteiger partial charge on any atom is 0.178 e. The average Bonchev–Trinajstić information content (AvgIpc) is 3.01. The molecule has 0 aliphatic heterocycles. The van der Waals surface area contributed by atoms with Crippen molar-refractivity contribution >= 4 is 35.0 Å². The largest absolute Gasteiger partial charge is 0.331 e. The van der Waals surface area contributed by atoms with Gasteiger partial charge in [0, 0.05) is 11.3 Å². The number of hydrogen-bond acceptors (Lipinski definition) is 3. The van der Waals surface area contributed by atoms with Crippen LogP contribution in [0, 0.1) is 16.1 Å². The van der Waals surface area contributed by atoms with Crippen molar-refractivity contribution in [3.05, 3.63) is 28.5 Å². The monoisotopic (exact) mass is 303 g/mol. The van der Waals surface area contributed by atoms with Crippen LogP contribution in [0.15, 0.2) is 18.2 Å². The van der Waals surface area contributed by atoms with Gasteiger partial charge < -0.3 is 9.55 Å². The first-order chi connectivity index (χ1) is 9.72. The van der Waals surface area contributed by atoms with Gasteiger partial charge in [-0.2, -0.15) is 17.0 Å². The molecular formula is C15H17N3S2. The maximum atomic E-state index is 9.07. The zero-order valence-corrected chi connectivity index (χ0v) is 13.1. The molecule has 3 rings (SSSR count). The Hall–Kier alpha value is -1.25. The Morgan fingerprint density at radius 2 is 2.35 bits per heavy atom. The number of nitrogens with zero attached hydrogens (tertiary/aromatic N) is 2. The predicted octanol–water partition coefficient (Wildman–Crippen LogP) is 4.42. The molecule has 2 atom stereocenters. The third-order valence-corrected chi connectivity index (χ3v) is 5.50. The molecule has 5 heteroatoms. The third-order valence-electron chi connectivity index (χ3n) is 3.97. The average molecular weight is 303 g/mol. The fourth-order valence-electron chi connectivity index (χ4n) is 3.09. The lowest BCUT2D eigenvalue weighted by Crippen LogP contribution is -2.06. The Morgan fingerprint density at radius 3 is 3.10 bits per heavy atom. The normalized spacial score (nSPS) is 22.2. The quantitative estimate of drug-likeness (QED) is 0.854. The maximum absolute atomic E-state index is 9.07. The van der Waals surface area contributed by atoms with E-state index in [0.717, 1.165) is 21.1 Å². The number of hydrogen-bond donors (Lipinski definition) is 1. The summed E-state index contributed by atoms with van der Waals surface area (Å²) in [5.74, 6) is 1.18. The highest BCUT2D eigenvalue weighted by atomic mass is 32.2. The zero-order valence-electron chi connectivity index (χ0n) is 11.4. The fraction of sp³-hybridized carbons (Fsp3) is 0.467. The highest BCUT2D eigenvalue weighted by Crippen LogP contribution is 2.38. The van der Waals surface area contributed by atoms with Crippen LogP contribution in [0.2, 0.25) is 0 Å². The molecule has 1 fully saturated rings. The number of imidazole rings is 1. The van der Waals surface area contributed by atoms with Gasteiger partial charge in [-0.05, 0) is 55.4 Å². The first kappa shape index (κ1) is 13.7. The molecule has 0 radical (unpaired) electrons. The summed E-state index contributed by atoms with van der Waals surface area (Å²) < 4.78 is 3.00. The Bertz CT molecular complexity index is 723. The SMILES string of the molecule is CCSC1CCC(n2c(=S)[nH]c3ccc(C#N)cc32)C1. The van der Waals surface area contributed by atoms with Gasteiger partial charge in [-0.15, -0.1) is 0 Å². The third kappa shape index (κ3) is 2.38. The van der Waals surface area contributed by atoms with Crippen LogP contribution < -0.4 is 0 Å². The van der Waals surface area contributed by atoms with Crippen molar-refractivity contribution < 1.29 is 0 Å². The van der Waals surface area contributed by atoms with Crippen molar-refractivity contribution in [2.24, 2.45) is 0 Å². The molecule has 3 nitrogen and oxygen atoms in total. The lowest BCUT2D eigenvalue weighted by Gasteiger charge is -2.14. The molecule has 1 heterocycles. The summed E-state index contributed by atoms with van der Waals surface area (Å²) in [5.41, 5.74) is 2.79. The Morgan fingerprint density at radius 1 is 1.50 bits per heavy atom. The minimum atomic E-state index is 0.467. The summed E-state index contributed by atoms with van der Waals surface area (Å²) >= 11 is 7.54. The molecule has 104 valence electrons. The van der Waals surface area contributed by atoms with E-state index in [4.69, 9.17) is 17.5 Å². The molecule has 1 aromatic carbocycles. The summed E-state index contributed by atoms with van der Waals surface area (Å²) in [6.45, 7) is 2.22. The molecule has 0 spiro atoms. The molecule has 1 saturated carbocycles. The van der Waals surface area contributed by atoms with Crippen LogP contribution in [0.5, 0.6) is 0 Å². The van der Waals surface area contributed by atoms with Gasteiger partial charge in [0.25, 0.3) is 0 Å². The minimum absolute atomic E-state index is 0.467. The minimum Gasteiger partial charge on any atom is -0.331 e. The second-order valence-corrected chi connectivity index (χ2v) is 7.15. The van der Waals surface area contributed by atoms with Crippen LogP contribution in [0.4, 0.5) is 0 Å². The predicted molar refractivity (Wildman–Crippen MR) is 86.6 cm³/mol. The van der Waals surface area contributed by atoms with E-state index < -0.39 is 0 Å². The van der Waals surface area contributed by atoms with Crippen LogP contribution in [-0.4, -0.2) is 20.6 Å². The van der Waals surface area contributed by atoms with Gasteiger partial charge in [-0.25, -0.2) is 0 Å². The molecule has 1 aromatic heterocycles. The molecule has 1 aliphatic carbocycles. The molecule has 2 aromatic rings. The highest BCUT2D eigenvalue weighted by Gasteiger charge is 2.27. The van der Waals surface area contributed by atoms with Gasteiger partial charge in [-0.3, -0.25) is 0 Å². The van der Waals surface area contributed by atoms with Crippen molar-refractivity contribution in [2.45, 2.75) is 37.5 Å². The number of benzene rings is 1. The second-order valence-electron chi connectivity index (χ2n) is 5.19. The van der Waals surface area contributed by atoms with E-state index >= 15 is 0 Å². The smallest absolute Gasteiger partial charge is 0.178 e. The summed E-state index contributed by atoms with van der Waals surface area (Å²) in [6.07, 6.45) is 3.61. The first-order valence-corrected chi connectivity index (χ1v) is 8.44. The van der Waals surface area contributed by atoms with Crippen molar-refractivity contribution in [1.29, 1.82) is 5.26 Å². The van der Waals surface area contributed by atoms with Gasteiger partial charge in [0.2, 0.25) is 0 Å². The fourth-order valence-corrected chi connectivity index (χ4v) is 4.58. The second kappa shape index (κ2) is 5.63. The van der Waals surface area contributed by atoms with E-state index in [1.165, 1.54) is 25.0 Å². The van der Waals surface area contributed by atoms with Crippen LogP contribution in [-0.2, 0) is 0 Å². The van der Waals surface area contributed by atoms with Crippen LogP contribution in [0.25, 0.3) is 11.0 Å². The van der Waals surface area contributed by atoms with E-state index in [2.05, 4.69) is 22.5 Å².